The number of fused-ring (bicyclic) bond motifs is 1. The number of hydrogen-bond acceptors (Lipinski definition) is 4. The molecule has 0 spiro atoms. The quantitative estimate of drug-likeness (QED) is 0.869. The Balaban J connectivity index is 1.32. The van der Waals surface area contributed by atoms with Crippen LogP contribution in [0.5, 0.6) is 0 Å². The molecule has 7 nitrogen and oxygen atoms in total. The van der Waals surface area contributed by atoms with Gasteiger partial charge in [0.1, 0.15) is 5.82 Å². The van der Waals surface area contributed by atoms with E-state index >= 15 is 0 Å². The predicted molar refractivity (Wildman–Crippen MR) is 105 cm³/mol. The molecule has 146 valence electrons. The largest absolute Gasteiger partial charge is 0.379 e. The second-order valence-electron chi connectivity index (χ2n) is 7.68. The van der Waals surface area contributed by atoms with Gasteiger partial charge in [0.05, 0.1) is 30.3 Å². The van der Waals surface area contributed by atoms with Gasteiger partial charge in [-0.3, -0.25) is 4.90 Å². The van der Waals surface area contributed by atoms with Crippen molar-refractivity contribution in [3.63, 3.8) is 0 Å². The predicted octanol–water partition coefficient (Wildman–Crippen LogP) is 2.44. The third-order valence-corrected chi connectivity index (χ3v) is 5.72. The van der Waals surface area contributed by atoms with Crippen LogP contribution < -0.4 is 5.32 Å². The van der Waals surface area contributed by atoms with Crippen LogP contribution in [0.2, 0.25) is 0 Å². The number of aromatic amines is 1. The van der Waals surface area contributed by atoms with Crippen LogP contribution in [0.25, 0.3) is 11.0 Å². The number of urea groups is 1. The Morgan fingerprint density at radius 2 is 2.00 bits per heavy atom. The molecular weight excluding hydrogens is 342 g/mol. The van der Waals surface area contributed by atoms with E-state index in [4.69, 9.17) is 4.74 Å². The fourth-order valence-electron chi connectivity index (χ4n) is 4.07. The number of aryl methyl sites for hydroxylation is 1. The molecule has 2 N–H and O–H groups in total. The van der Waals surface area contributed by atoms with E-state index < -0.39 is 0 Å². The number of carbonyl (C=O) groups is 1. The molecule has 0 bridgehead atoms. The molecule has 1 atom stereocenters. The van der Waals surface area contributed by atoms with Crippen molar-refractivity contribution in [1.82, 2.24) is 25.1 Å². The highest BCUT2D eigenvalue weighted by molar-refractivity contribution is 5.77. The lowest BCUT2D eigenvalue weighted by atomic mass is 10.0. The summed E-state index contributed by atoms with van der Waals surface area (Å²) < 4.78 is 5.44. The Kier molecular flexibility index (Phi) is 5.31. The van der Waals surface area contributed by atoms with E-state index in [9.17, 15) is 4.79 Å². The van der Waals surface area contributed by atoms with Gasteiger partial charge in [-0.15, -0.1) is 0 Å². The molecule has 2 aliphatic heterocycles. The molecule has 3 heterocycles. The standard InChI is InChI=1S/C20H29N5O2/c1-14-3-4-17-18(13-14)23-19(22-17)15(2)21-20(26)25-7-5-16(6-8-25)24-9-11-27-12-10-24/h3-4,13,15-16H,5-12H2,1-2H3,(H,21,26)(H,22,23). The van der Waals surface area contributed by atoms with Crippen LogP contribution in [0.1, 0.15) is 37.2 Å². The van der Waals surface area contributed by atoms with Gasteiger partial charge in [0.25, 0.3) is 0 Å². The van der Waals surface area contributed by atoms with Gasteiger partial charge in [-0.25, -0.2) is 9.78 Å². The SMILES string of the molecule is Cc1ccc2nc(C(C)NC(=O)N3CCC(N4CCOCC4)CC3)[nH]c2c1. The first-order valence-corrected chi connectivity index (χ1v) is 9.93. The highest BCUT2D eigenvalue weighted by Crippen LogP contribution is 2.20. The Labute approximate surface area is 160 Å². The molecule has 0 radical (unpaired) electrons. The van der Waals surface area contributed by atoms with Crippen molar-refractivity contribution in [3.8, 4) is 0 Å². The molecule has 2 saturated heterocycles. The number of carbonyl (C=O) groups excluding carboxylic acids is 1. The molecule has 2 aliphatic rings. The molecule has 2 amide bonds. The lowest BCUT2D eigenvalue weighted by Gasteiger charge is -2.40. The van der Waals surface area contributed by atoms with E-state index in [2.05, 4.69) is 39.2 Å². The van der Waals surface area contributed by atoms with Gasteiger partial charge in [-0.05, 0) is 44.4 Å². The molecule has 2 aromatic rings. The number of imidazole rings is 1. The first kappa shape index (κ1) is 18.3. The molecule has 0 aliphatic carbocycles. The smallest absolute Gasteiger partial charge is 0.317 e. The van der Waals surface area contributed by atoms with Gasteiger partial charge in [0.2, 0.25) is 0 Å². The first-order chi connectivity index (χ1) is 13.1. The summed E-state index contributed by atoms with van der Waals surface area (Å²) in [5.41, 5.74) is 3.14. The summed E-state index contributed by atoms with van der Waals surface area (Å²) in [4.78, 5) is 25.1. The van der Waals surface area contributed by atoms with Crippen molar-refractivity contribution in [3.05, 3.63) is 29.6 Å². The van der Waals surface area contributed by atoms with Gasteiger partial charge < -0.3 is 19.9 Å². The summed E-state index contributed by atoms with van der Waals surface area (Å²) >= 11 is 0. The van der Waals surface area contributed by atoms with E-state index in [-0.39, 0.29) is 12.1 Å². The first-order valence-electron chi connectivity index (χ1n) is 9.93. The summed E-state index contributed by atoms with van der Waals surface area (Å²) in [5.74, 6) is 0.798. The monoisotopic (exact) mass is 371 g/mol. The molecule has 1 aromatic carbocycles. The van der Waals surface area contributed by atoms with Crippen molar-refractivity contribution in [2.45, 2.75) is 38.8 Å². The molecule has 7 heteroatoms. The summed E-state index contributed by atoms with van der Waals surface area (Å²) in [5, 5.41) is 3.10. The zero-order valence-corrected chi connectivity index (χ0v) is 16.2. The van der Waals surface area contributed by atoms with Crippen LogP contribution in [0.4, 0.5) is 4.79 Å². The van der Waals surface area contributed by atoms with E-state index in [1.165, 1.54) is 5.56 Å². The van der Waals surface area contributed by atoms with Crippen LogP contribution in [-0.4, -0.2) is 71.2 Å². The maximum absolute atomic E-state index is 12.7. The molecule has 27 heavy (non-hydrogen) atoms. The highest BCUT2D eigenvalue weighted by Gasteiger charge is 2.28. The number of H-pyrrole nitrogens is 1. The fourth-order valence-corrected chi connectivity index (χ4v) is 4.07. The second-order valence-corrected chi connectivity index (χ2v) is 7.68. The topological polar surface area (TPSA) is 73.5 Å². The number of likely N-dealkylation sites (tertiary alicyclic amines) is 1. The third kappa shape index (κ3) is 4.09. The highest BCUT2D eigenvalue weighted by atomic mass is 16.5. The molecule has 1 unspecified atom stereocenters. The number of nitrogens with one attached hydrogen (secondary N) is 2. The van der Waals surface area contributed by atoms with Crippen molar-refractivity contribution in [1.29, 1.82) is 0 Å². The Bertz CT molecular complexity index is 791. The number of rotatable bonds is 3. The lowest BCUT2D eigenvalue weighted by molar-refractivity contribution is 0.00374. The number of piperidine rings is 1. The number of nitrogens with zero attached hydrogens (tertiary/aromatic N) is 3. The summed E-state index contributed by atoms with van der Waals surface area (Å²) in [7, 11) is 0. The van der Waals surface area contributed by atoms with Crippen LogP contribution in [0.15, 0.2) is 18.2 Å². The summed E-state index contributed by atoms with van der Waals surface area (Å²) in [6.07, 6.45) is 2.07. The van der Waals surface area contributed by atoms with Crippen molar-refractivity contribution < 1.29 is 9.53 Å². The summed E-state index contributed by atoms with van der Waals surface area (Å²) in [6, 6.07) is 6.57. The van der Waals surface area contributed by atoms with Crippen LogP contribution in [0.3, 0.4) is 0 Å². The zero-order valence-electron chi connectivity index (χ0n) is 16.2. The third-order valence-electron chi connectivity index (χ3n) is 5.72. The number of aromatic nitrogens is 2. The number of morpholine rings is 1. The molecular formula is C20H29N5O2. The van der Waals surface area contributed by atoms with Gasteiger partial charge >= 0.3 is 6.03 Å². The number of hydrogen-bond donors (Lipinski definition) is 2. The van der Waals surface area contributed by atoms with Crippen molar-refractivity contribution in [2.24, 2.45) is 0 Å². The Hall–Kier alpha value is -2.12. The van der Waals surface area contributed by atoms with E-state index in [0.29, 0.717) is 6.04 Å². The maximum Gasteiger partial charge on any atom is 0.317 e. The Morgan fingerprint density at radius 3 is 2.74 bits per heavy atom. The molecule has 4 rings (SSSR count). The van der Waals surface area contributed by atoms with E-state index in [0.717, 1.165) is 69.1 Å². The number of amides is 2. The van der Waals surface area contributed by atoms with E-state index in [1.807, 2.05) is 17.9 Å². The lowest BCUT2D eigenvalue weighted by Crippen LogP contribution is -2.52. The second kappa shape index (κ2) is 7.86. The summed E-state index contributed by atoms with van der Waals surface area (Å²) in [6.45, 7) is 9.33. The van der Waals surface area contributed by atoms with Crippen molar-refractivity contribution in [2.75, 3.05) is 39.4 Å². The molecule has 0 saturated carbocycles. The minimum absolute atomic E-state index is 0.000404. The minimum Gasteiger partial charge on any atom is -0.379 e. The van der Waals surface area contributed by atoms with Gasteiger partial charge in [-0.2, -0.15) is 0 Å². The van der Waals surface area contributed by atoms with Crippen LogP contribution in [0, 0.1) is 6.92 Å². The zero-order chi connectivity index (χ0) is 18.8. The van der Waals surface area contributed by atoms with E-state index in [1.54, 1.807) is 0 Å². The molecule has 1 aromatic heterocycles. The number of benzene rings is 1. The average molecular weight is 371 g/mol. The minimum atomic E-state index is -0.151. The normalized spacial score (nSPS) is 20.7. The van der Waals surface area contributed by atoms with Gasteiger partial charge in [0, 0.05) is 32.2 Å². The van der Waals surface area contributed by atoms with Gasteiger partial charge in [-0.1, -0.05) is 6.07 Å². The number of ether oxygens (including phenoxy) is 1. The Morgan fingerprint density at radius 1 is 1.26 bits per heavy atom. The van der Waals surface area contributed by atoms with Crippen LogP contribution in [-0.2, 0) is 4.74 Å². The van der Waals surface area contributed by atoms with Gasteiger partial charge in [0.15, 0.2) is 0 Å². The van der Waals surface area contributed by atoms with Crippen LogP contribution >= 0.6 is 0 Å². The fraction of sp³-hybridized carbons (Fsp3) is 0.600. The van der Waals surface area contributed by atoms with Crippen molar-refractivity contribution >= 4 is 17.1 Å². The maximum atomic E-state index is 12.7. The average Bonchev–Trinajstić information content (AvgIpc) is 3.12. The molecule has 2 fully saturated rings.